The van der Waals surface area contributed by atoms with Crippen LogP contribution in [0.2, 0.25) is 0 Å². The lowest BCUT2D eigenvalue weighted by Gasteiger charge is -2.04. The van der Waals surface area contributed by atoms with E-state index in [0.717, 1.165) is 5.56 Å². The lowest BCUT2D eigenvalue weighted by atomic mass is 10.2. The van der Waals surface area contributed by atoms with Gasteiger partial charge >= 0.3 is 5.97 Å². The summed E-state index contributed by atoms with van der Waals surface area (Å²) in [7, 11) is -3.72. The third kappa shape index (κ3) is 5.32. The van der Waals surface area contributed by atoms with E-state index in [1.165, 1.54) is 6.19 Å². The van der Waals surface area contributed by atoms with Crippen molar-refractivity contribution in [1.29, 1.82) is 5.26 Å². The maximum atomic E-state index is 11.3. The number of nitriles is 1. The fourth-order valence-electron chi connectivity index (χ4n) is 1.15. The Morgan fingerprint density at radius 1 is 1.33 bits per heavy atom. The molecule has 0 saturated heterocycles. The van der Waals surface area contributed by atoms with E-state index in [1.54, 1.807) is 16.9 Å². The van der Waals surface area contributed by atoms with Crippen molar-refractivity contribution in [3.8, 4) is 6.19 Å². The van der Waals surface area contributed by atoms with E-state index in [2.05, 4.69) is 0 Å². The van der Waals surface area contributed by atoms with Crippen LogP contribution < -0.4 is 4.72 Å². The highest BCUT2D eigenvalue weighted by atomic mass is 32.2. The number of esters is 1. The molecular weight excluding hydrogens is 256 g/mol. The molecule has 0 atom stereocenters. The van der Waals surface area contributed by atoms with Crippen LogP contribution in [0, 0.1) is 11.5 Å². The highest BCUT2D eigenvalue weighted by molar-refractivity contribution is 7.89. The molecule has 0 bridgehead atoms. The summed E-state index contributed by atoms with van der Waals surface area (Å²) in [6.45, 7) is 0.103. The SMILES string of the molecule is N#CNS(=O)(=O)CCC(=O)OCc1ccccc1. The molecule has 0 aromatic heterocycles. The molecule has 1 aromatic carbocycles. The quantitative estimate of drug-likeness (QED) is 0.461. The van der Waals surface area contributed by atoms with Crippen molar-refractivity contribution in [1.82, 2.24) is 4.72 Å². The highest BCUT2D eigenvalue weighted by Crippen LogP contribution is 2.02. The standard InChI is InChI=1S/C11H12N2O4S/c12-9-13-18(15,16)7-6-11(14)17-8-10-4-2-1-3-5-10/h1-5,13H,6-8H2. The molecule has 18 heavy (non-hydrogen) atoms. The zero-order valence-electron chi connectivity index (χ0n) is 9.50. The first-order chi connectivity index (χ1) is 8.53. The number of benzene rings is 1. The molecule has 1 N–H and O–H groups in total. The molecule has 0 heterocycles. The normalized spacial score (nSPS) is 10.4. The van der Waals surface area contributed by atoms with Gasteiger partial charge in [0.1, 0.15) is 6.61 Å². The van der Waals surface area contributed by atoms with Crippen LogP contribution in [0.5, 0.6) is 0 Å². The van der Waals surface area contributed by atoms with Crippen molar-refractivity contribution >= 4 is 16.0 Å². The predicted molar refractivity (Wildman–Crippen MR) is 63.4 cm³/mol. The van der Waals surface area contributed by atoms with Gasteiger partial charge in [0, 0.05) is 0 Å². The van der Waals surface area contributed by atoms with Crippen LogP contribution in [0.3, 0.4) is 0 Å². The minimum absolute atomic E-state index is 0.103. The van der Waals surface area contributed by atoms with Crippen LogP contribution in [0.1, 0.15) is 12.0 Å². The Morgan fingerprint density at radius 2 is 2.00 bits per heavy atom. The Balaban J connectivity index is 2.33. The molecule has 0 amide bonds. The second-order valence-electron chi connectivity index (χ2n) is 3.43. The van der Waals surface area contributed by atoms with Gasteiger partial charge in [0.25, 0.3) is 0 Å². The Bertz CT molecular complexity index is 534. The molecule has 0 spiro atoms. The molecule has 0 radical (unpaired) electrons. The zero-order chi connectivity index (χ0) is 13.4. The molecule has 0 aliphatic heterocycles. The molecule has 1 aromatic rings. The summed E-state index contributed by atoms with van der Waals surface area (Å²) >= 11 is 0. The minimum atomic E-state index is -3.72. The third-order valence-corrected chi connectivity index (χ3v) is 3.16. The van der Waals surface area contributed by atoms with Crippen molar-refractivity contribution in [3.05, 3.63) is 35.9 Å². The Morgan fingerprint density at radius 3 is 2.61 bits per heavy atom. The van der Waals surface area contributed by atoms with E-state index in [4.69, 9.17) is 10.00 Å². The second kappa shape index (κ2) is 6.61. The van der Waals surface area contributed by atoms with Gasteiger partial charge in [-0.2, -0.15) is 5.26 Å². The molecule has 0 aliphatic rings. The maximum absolute atomic E-state index is 11.3. The van der Waals surface area contributed by atoms with E-state index in [-0.39, 0.29) is 13.0 Å². The summed E-state index contributed by atoms with van der Waals surface area (Å²) in [4.78, 5) is 11.3. The third-order valence-electron chi connectivity index (χ3n) is 2.02. The Hall–Kier alpha value is -2.07. The first-order valence-corrected chi connectivity index (χ1v) is 6.77. The van der Waals surface area contributed by atoms with Crippen molar-refractivity contribution in [2.24, 2.45) is 0 Å². The van der Waals surface area contributed by atoms with Crippen molar-refractivity contribution in [2.45, 2.75) is 13.0 Å². The summed E-state index contributed by atoms with van der Waals surface area (Å²) in [6.07, 6.45) is 1.01. The van der Waals surface area contributed by atoms with Gasteiger partial charge in [-0.25, -0.2) is 13.1 Å². The number of ether oxygens (including phenoxy) is 1. The van der Waals surface area contributed by atoms with Crippen LogP contribution >= 0.6 is 0 Å². The first-order valence-electron chi connectivity index (χ1n) is 5.11. The number of rotatable bonds is 6. The van der Waals surface area contributed by atoms with Crippen molar-refractivity contribution < 1.29 is 17.9 Å². The van der Waals surface area contributed by atoms with E-state index < -0.39 is 21.7 Å². The average molecular weight is 268 g/mol. The van der Waals surface area contributed by atoms with Gasteiger partial charge in [0.15, 0.2) is 6.19 Å². The number of nitrogens with zero attached hydrogens (tertiary/aromatic N) is 1. The average Bonchev–Trinajstić information content (AvgIpc) is 2.35. The van der Waals surface area contributed by atoms with Gasteiger partial charge in [0.2, 0.25) is 10.0 Å². The van der Waals surface area contributed by atoms with Crippen molar-refractivity contribution in [2.75, 3.05) is 5.75 Å². The molecule has 7 heteroatoms. The van der Waals surface area contributed by atoms with E-state index >= 15 is 0 Å². The number of hydrogen-bond acceptors (Lipinski definition) is 5. The summed E-state index contributed by atoms with van der Waals surface area (Å²) in [5.74, 6) is -1.09. The fourth-order valence-corrected chi connectivity index (χ4v) is 1.83. The summed E-state index contributed by atoms with van der Waals surface area (Å²) in [5.41, 5.74) is 0.823. The van der Waals surface area contributed by atoms with Gasteiger partial charge < -0.3 is 4.74 Å². The van der Waals surface area contributed by atoms with Gasteiger partial charge in [-0.1, -0.05) is 30.3 Å². The van der Waals surface area contributed by atoms with E-state index in [1.807, 2.05) is 18.2 Å². The predicted octanol–water partition coefficient (Wildman–Crippen LogP) is 0.520. The molecule has 6 nitrogen and oxygen atoms in total. The van der Waals surface area contributed by atoms with Crippen LogP contribution in [0.15, 0.2) is 30.3 Å². The Labute approximate surface area is 105 Å². The topological polar surface area (TPSA) is 96.3 Å². The van der Waals surface area contributed by atoms with Crippen LogP contribution in [0.25, 0.3) is 0 Å². The number of carbonyl (C=O) groups is 1. The Kier molecular flexibility index (Phi) is 5.14. The zero-order valence-corrected chi connectivity index (χ0v) is 10.3. The van der Waals surface area contributed by atoms with Crippen LogP contribution in [0.4, 0.5) is 0 Å². The lowest BCUT2D eigenvalue weighted by molar-refractivity contribution is -0.144. The summed E-state index contributed by atoms with van der Waals surface area (Å²) < 4.78 is 28.6. The number of hydrogen-bond donors (Lipinski definition) is 1. The van der Waals surface area contributed by atoms with Crippen LogP contribution in [-0.2, 0) is 26.2 Å². The molecule has 0 aliphatic carbocycles. The lowest BCUT2D eigenvalue weighted by Crippen LogP contribution is -2.23. The van der Waals surface area contributed by atoms with Crippen molar-refractivity contribution in [3.63, 3.8) is 0 Å². The minimum Gasteiger partial charge on any atom is -0.461 e. The number of carbonyl (C=O) groups excluding carboxylic acids is 1. The fraction of sp³-hybridized carbons (Fsp3) is 0.273. The van der Waals surface area contributed by atoms with Crippen LogP contribution in [-0.4, -0.2) is 20.1 Å². The summed E-state index contributed by atoms with van der Waals surface area (Å²) in [6, 6.07) is 9.04. The summed E-state index contributed by atoms with van der Waals surface area (Å²) in [5, 5.41) is 8.16. The van der Waals surface area contributed by atoms with E-state index in [0.29, 0.717) is 0 Å². The molecule has 1 rings (SSSR count). The monoisotopic (exact) mass is 268 g/mol. The number of nitrogens with one attached hydrogen (secondary N) is 1. The highest BCUT2D eigenvalue weighted by Gasteiger charge is 2.13. The largest absolute Gasteiger partial charge is 0.461 e. The van der Waals surface area contributed by atoms with Gasteiger partial charge in [0.05, 0.1) is 12.2 Å². The van der Waals surface area contributed by atoms with Gasteiger partial charge in [-0.15, -0.1) is 0 Å². The number of sulfonamides is 1. The second-order valence-corrected chi connectivity index (χ2v) is 5.27. The van der Waals surface area contributed by atoms with E-state index in [9.17, 15) is 13.2 Å². The maximum Gasteiger partial charge on any atom is 0.307 e. The first kappa shape index (κ1) is 14.0. The van der Waals surface area contributed by atoms with Gasteiger partial charge in [-0.3, -0.25) is 4.79 Å². The molecule has 0 fully saturated rings. The smallest absolute Gasteiger partial charge is 0.307 e. The molecule has 96 valence electrons. The molecular formula is C11H12N2O4S. The molecule has 0 saturated carbocycles. The molecule has 0 unspecified atom stereocenters. The van der Waals surface area contributed by atoms with Gasteiger partial charge in [-0.05, 0) is 5.56 Å².